The zero-order valence-electron chi connectivity index (χ0n) is 14.9. The van der Waals surface area contributed by atoms with Gasteiger partial charge in [-0.2, -0.15) is 0 Å². The van der Waals surface area contributed by atoms with Crippen LogP contribution in [0, 0.1) is 0 Å². The molecule has 6 nitrogen and oxygen atoms in total. The van der Waals surface area contributed by atoms with Gasteiger partial charge in [0.2, 0.25) is 10.0 Å². The highest BCUT2D eigenvalue weighted by atomic mass is 32.2. The summed E-state index contributed by atoms with van der Waals surface area (Å²) in [6, 6.07) is 5.96. The first-order chi connectivity index (χ1) is 11.8. The van der Waals surface area contributed by atoms with Gasteiger partial charge in [0, 0.05) is 31.7 Å². The normalized spacial score (nSPS) is 16.6. The van der Waals surface area contributed by atoms with E-state index < -0.39 is 10.0 Å². The van der Waals surface area contributed by atoms with E-state index in [4.69, 9.17) is 0 Å². The summed E-state index contributed by atoms with van der Waals surface area (Å²) in [4.78, 5) is 16.2. The highest BCUT2D eigenvalue weighted by Crippen LogP contribution is 2.14. The van der Waals surface area contributed by atoms with Crippen molar-refractivity contribution in [2.75, 3.05) is 33.2 Å². The molecular weight excluding hydrogens is 338 g/mol. The Morgan fingerprint density at radius 3 is 2.72 bits per heavy atom. The predicted molar refractivity (Wildman–Crippen MR) is 99.1 cm³/mol. The Hall–Kier alpha value is -1.70. The Bertz CT molecular complexity index is 712. The fourth-order valence-electron chi connectivity index (χ4n) is 3.02. The van der Waals surface area contributed by atoms with Crippen LogP contribution in [0.15, 0.2) is 41.8 Å². The summed E-state index contributed by atoms with van der Waals surface area (Å²) in [5.74, 6) is -0.234. The molecule has 0 unspecified atom stereocenters. The summed E-state index contributed by atoms with van der Waals surface area (Å²) < 4.78 is 27.9. The number of nitrogens with zero attached hydrogens (tertiary/aromatic N) is 2. The molecule has 0 saturated carbocycles. The number of hydrogen-bond acceptors (Lipinski definition) is 4. The van der Waals surface area contributed by atoms with E-state index in [-0.39, 0.29) is 16.8 Å². The van der Waals surface area contributed by atoms with Gasteiger partial charge in [0.25, 0.3) is 5.91 Å². The van der Waals surface area contributed by atoms with E-state index in [0.29, 0.717) is 18.7 Å². The Balaban J connectivity index is 2.09. The van der Waals surface area contributed by atoms with E-state index in [0.717, 1.165) is 13.1 Å². The number of sulfonamides is 1. The molecule has 1 amide bonds. The molecule has 7 heteroatoms. The molecule has 138 valence electrons. The van der Waals surface area contributed by atoms with Crippen molar-refractivity contribution in [3.05, 3.63) is 42.5 Å². The summed E-state index contributed by atoms with van der Waals surface area (Å²) >= 11 is 0. The molecule has 0 radical (unpaired) electrons. The largest absolute Gasteiger partial charge is 0.338 e. The smallest absolute Gasteiger partial charge is 0.253 e. The van der Waals surface area contributed by atoms with Crippen LogP contribution in [0.1, 0.15) is 30.1 Å². The Morgan fingerprint density at radius 1 is 1.40 bits per heavy atom. The summed E-state index contributed by atoms with van der Waals surface area (Å²) in [7, 11) is -2.01. The first-order valence-corrected chi connectivity index (χ1v) is 10.0. The fourth-order valence-corrected chi connectivity index (χ4v) is 4.30. The molecule has 1 aromatic rings. The zero-order valence-corrected chi connectivity index (χ0v) is 15.8. The minimum Gasteiger partial charge on any atom is -0.338 e. The van der Waals surface area contributed by atoms with Crippen LogP contribution in [0.5, 0.6) is 0 Å². The quantitative estimate of drug-likeness (QED) is 0.712. The number of carbonyl (C=O) groups is 1. The molecule has 1 N–H and O–H groups in total. The predicted octanol–water partition coefficient (Wildman–Crippen LogP) is 1.71. The van der Waals surface area contributed by atoms with Gasteiger partial charge in [-0.1, -0.05) is 12.1 Å². The molecular formula is C18H27N3O3S. The second-order valence-corrected chi connectivity index (χ2v) is 8.25. The van der Waals surface area contributed by atoms with Crippen LogP contribution < -0.4 is 4.72 Å². The number of likely N-dealkylation sites (tertiary alicyclic amines) is 1. The highest BCUT2D eigenvalue weighted by Gasteiger charge is 2.22. The van der Waals surface area contributed by atoms with Gasteiger partial charge in [-0.15, -0.1) is 6.58 Å². The van der Waals surface area contributed by atoms with E-state index in [1.165, 1.54) is 29.9 Å². The third-order valence-electron chi connectivity index (χ3n) is 4.23. The minimum atomic E-state index is -3.66. The van der Waals surface area contributed by atoms with Crippen molar-refractivity contribution in [2.45, 2.75) is 30.7 Å². The molecule has 0 aromatic heterocycles. The lowest BCUT2D eigenvalue weighted by atomic mass is 10.2. The number of benzene rings is 1. The lowest BCUT2D eigenvalue weighted by Crippen LogP contribution is -2.41. The maximum atomic E-state index is 12.6. The number of nitrogens with one attached hydrogen (secondary N) is 1. The van der Waals surface area contributed by atoms with Crippen LogP contribution >= 0.6 is 0 Å². The molecule has 0 bridgehead atoms. The number of rotatable bonds is 8. The van der Waals surface area contributed by atoms with Gasteiger partial charge in [-0.3, -0.25) is 4.79 Å². The van der Waals surface area contributed by atoms with E-state index in [1.54, 1.807) is 25.3 Å². The van der Waals surface area contributed by atoms with Crippen molar-refractivity contribution in [2.24, 2.45) is 0 Å². The van der Waals surface area contributed by atoms with Crippen LogP contribution in [0.25, 0.3) is 0 Å². The van der Waals surface area contributed by atoms with Crippen LogP contribution in [0.4, 0.5) is 0 Å². The van der Waals surface area contributed by atoms with Crippen molar-refractivity contribution in [3.63, 3.8) is 0 Å². The molecule has 25 heavy (non-hydrogen) atoms. The van der Waals surface area contributed by atoms with Crippen molar-refractivity contribution in [3.8, 4) is 0 Å². The molecule has 1 saturated heterocycles. The molecule has 1 atom stereocenters. The summed E-state index contributed by atoms with van der Waals surface area (Å²) in [5, 5.41) is 0. The second-order valence-electron chi connectivity index (χ2n) is 6.53. The Morgan fingerprint density at radius 2 is 2.08 bits per heavy atom. The maximum absolute atomic E-state index is 12.6. The van der Waals surface area contributed by atoms with Gasteiger partial charge < -0.3 is 9.80 Å². The molecule has 1 heterocycles. The molecule has 1 aromatic carbocycles. The molecule has 0 spiro atoms. The lowest BCUT2D eigenvalue weighted by molar-refractivity contribution is 0.0810. The van der Waals surface area contributed by atoms with E-state index in [1.807, 2.05) is 6.92 Å². The van der Waals surface area contributed by atoms with Crippen LogP contribution in [-0.2, 0) is 10.0 Å². The van der Waals surface area contributed by atoms with E-state index in [2.05, 4.69) is 16.2 Å². The van der Waals surface area contributed by atoms with Gasteiger partial charge in [0.15, 0.2) is 0 Å². The molecule has 1 aliphatic rings. The average molecular weight is 365 g/mol. The Kier molecular flexibility index (Phi) is 6.75. The lowest BCUT2D eigenvalue weighted by Gasteiger charge is -2.21. The van der Waals surface area contributed by atoms with Crippen molar-refractivity contribution in [1.82, 2.24) is 14.5 Å². The van der Waals surface area contributed by atoms with Crippen LogP contribution in [0.3, 0.4) is 0 Å². The average Bonchev–Trinajstić information content (AvgIpc) is 3.06. The van der Waals surface area contributed by atoms with Crippen molar-refractivity contribution in [1.29, 1.82) is 0 Å². The van der Waals surface area contributed by atoms with Crippen LogP contribution in [-0.4, -0.2) is 63.4 Å². The van der Waals surface area contributed by atoms with Gasteiger partial charge in [0.05, 0.1) is 4.90 Å². The molecule has 0 aliphatic carbocycles. The maximum Gasteiger partial charge on any atom is 0.253 e. The topological polar surface area (TPSA) is 69.7 Å². The third kappa shape index (κ3) is 5.39. The monoisotopic (exact) mass is 365 g/mol. The third-order valence-corrected chi connectivity index (χ3v) is 5.82. The molecule has 1 fully saturated rings. The zero-order chi connectivity index (χ0) is 18.4. The Labute approximate surface area is 150 Å². The standard InChI is InChI=1S/C18H27N3O3S/c1-4-10-20(3)18(22)16-8-7-9-17(13-16)25(23,24)19-15(2)14-21-11-5-6-12-21/h4,7-9,13,15,19H,1,5-6,10-12,14H2,2-3H3/t15-/m1/s1. The highest BCUT2D eigenvalue weighted by molar-refractivity contribution is 7.89. The summed E-state index contributed by atoms with van der Waals surface area (Å²) in [6.07, 6.45) is 3.96. The number of amides is 1. The van der Waals surface area contributed by atoms with Crippen molar-refractivity contribution >= 4 is 15.9 Å². The number of carbonyl (C=O) groups excluding carboxylic acids is 1. The number of likely N-dealkylation sites (N-methyl/N-ethyl adjacent to an activating group) is 1. The van der Waals surface area contributed by atoms with Gasteiger partial charge in [-0.25, -0.2) is 13.1 Å². The SMILES string of the molecule is C=CCN(C)C(=O)c1cccc(S(=O)(=O)N[C@H](C)CN2CCCC2)c1. The van der Waals surface area contributed by atoms with Gasteiger partial charge in [-0.05, 0) is 51.1 Å². The molecule has 1 aliphatic heterocycles. The van der Waals surface area contributed by atoms with Gasteiger partial charge >= 0.3 is 0 Å². The first-order valence-electron chi connectivity index (χ1n) is 8.54. The summed E-state index contributed by atoms with van der Waals surface area (Å²) in [6.45, 7) is 8.61. The fraction of sp³-hybridized carbons (Fsp3) is 0.500. The van der Waals surface area contributed by atoms with E-state index >= 15 is 0 Å². The van der Waals surface area contributed by atoms with Crippen molar-refractivity contribution < 1.29 is 13.2 Å². The minimum absolute atomic E-state index is 0.110. The number of hydrogen-bond donors (Lipinski definition) is 1. The van der Waals surface area contributed by atoms with E-state index in [9.17, 15) is 13.2 Å². The van der Waals surface area contributed by atoms with Crippen LogP contribution in [0.2, 0.25) is 0 Å². The summed E-state index contributed by atoms with van der Waals surface area (Å²) in [5.41, 5.74) is 0.347. The second kappa shape index (κ2) is 8.60. The molecule has 2 rings (SSSR count). The van der Waals surface area contributed by atoms with Gasteiger partial charge in [0.1, 0.15) is 0 Å². The first kappa shape index (κ1) is 19.6.